The van der Waals surface area contributed by atoms with Crippen LogP contribution in [0.2, 0.25) is 0 Å². The van der Waals surface area contributed by atoms with Gasteiger partial charge in [0.15, 0.2) is 0 Å². The summed E-state index contributed by atoms with van der Waals surface area (Å²) in [6, 6.07) is 15.1. The molecule has 0 heterocycles. The third-order valence-electron chi connectivity index (χ3n) is 2.70. The highest BCUT2D eigenvalue weighted by Gasteiger charge is 2.03. The number of nitrogens with one attached hydrogen (secondary N) is 1. The maximum Gasteiger partial charge on any atom is 0.148 e. The Balaban J connectivity index is 2.14. The molecule has 0 saturated carbocycles. The van der Waals surface area contributed by atoms with Crippen molar-refractivity contribution >= 4 is 11.9 Å². The molecular weight excluding hydrogens is 264 g/mol. The maximum atomic E-state index is 5.48. The summed E-state index contributed by atoms with van der Waals surface area (Å²) in [5.74, 6) is 3.83. The Labute approximate surface area is 124 Å². The van der Waals surface area contributed by atoms with Crippen molar-refractivity contribution in [3.63, 3.8) is 0 Å². The topological polar surface area (TPSA) is 42.9 Å². The van der Waals surface area contributed by atoms with E-state index in [1.54, 1.807) is 19.4 Å². The fourth-order valence-electron chi connectivity index (χ4n) is 1.69. The van der Waals surface area contributed by atoms with Gasteiger partial charge in [0, 0.05) is 5.56 Å². The largest absolute Gasteiger partial charge is 0.497 e. The highest BCUT2D eigenvalue weighted by Crippen LogP contribution is 2.22. The van der Waals surface area contributed by atoms with Gasteiger partial charge in [0.1, 0.15) is 18.1 Å². The Morgan fingerprint density at radius 2 is 2.05 bits per heavy atom. The second kappa shape index (κ2) is 7.61. The Morgan fingerprint density at radius 1 is 1.24 bits per heavy atom. The van der Waals surface area contributed by atoms with E-state index >= 15 is 0 Å². The smallest absolute Gasteiger partial charge is 0.148 e. The van der Waals surface area contributed by atoms with Crippen molar-refractivity contribution in [2.24, 2.45) is 5.10 Å². The Kier molecular flexibility index (Phi) is 5.25. The van der Waals surface area contributed by atoms with E-state index in [1.165, 1.54) is 0 Å². The molecular formula is C17H16N2O2. The molecule has 2 aromatic rings. The fourth-order valence-corrected chi connectivity index (χ4v) is 1.69. The average molecular weight is 280 g/mol. The van der Waals surface area contributed by atoms with Crippen LogP contribution < -0.4 is 14.9 Å². The van der Waals surface area contributed by atoms with Crippen LogP contribution >= 0.6 is 0 Å². The number of methoxy groups -OCH3 is 1. The molecule has 0 spiro atoms. The number of ether oxygens (including phenoxy) is 2. The first kappa shape index (κ1) is 14.5. The van der Waals surface area contributed by atoms with Gasteiger partial charge in [-0.1, -0.05) is 24.1 Å². The van der Waals surface area contributed by atoms with E-state index in [2.05, 4.69) is 16.4 Å². The van der Waals surface area contributed by atoms with Gasteiger partial charge >= 0.3 is 0 Å². The lowest BCUT2D eigenvalue weighted by molar-refractivity contribution is 0.367. The first-order valence-corrected chi connectivity index (χ1v) is 6.42. The fraction of sp³-hybridized carbons (Fsp3) is 0.118. The second-order valence-corrected chi connectivity index (χ2v) is 4.13. The van der Waals surface area contributed by atoms with Crippen LogP contribution in [0, 0.1) is 12.3 Å². The summed E-state index contributed by atoms with van der Waals surface area (Å²) in [6.07, 6.45) is 6.88. The third kappa shape index (κ3) is 4.29. The summed E-state index contributed by atoms with van der Waals surface area (Å²) in [4.78, 5) is 0. The summed E-state index contributed by atoms with van der Waals surface area (Å²) in [6.45, 7) is 0.208. The van der Waals surface area contributed by atoms with Gasteiger partial charge in [0.05, 0.1) is 19.0 Å². The number of hydrogen-bond acceptors (Lipinski definition) is 4. The van der Waals surface area contributed by atoms with Crippen LogP contribution in [0.1, 0.15) is 5.56 Å². The predicted octanol–water partition coefficient (Wildman–Crippen LogP) is 3.15. The third-order valence-corrected chi connectivity index (χ3v) is 2.70. The van der Waals surface area contributed by atoms with E-state index in [4.69, 9.17) is 15.9 Å². The molecule has 0 saturated heterocycles. The molecule has 0 bridgehead atoms. The second-order valence-electron chi connectivity index (χ2n) is 4.13. The molecule has 4 nitrogen and oxygen atoms in total. The monoisotopic (exact) mass is 280 g/mol. The summed E-state index contributed by atoms with van der Waals surface area (Å²) >= 11 is 0. The Morgan fingerprint density at radius 3 is 2.76 bits per heavy atom. The van der Waals surface area contributed by atoms with Crippen LogP contribution in [0.3, 0.4) is 0 Å². The molecule has 2 rings (SSSR count). The Hall–Kier alpha value is -2.93. The van der Waals surface area contributed by atoms with Gasteiger partial charge in [-0.3, -0.25) is 5.43 Å². The van der Waals surface area contributed by atoms with Gasteiger partial charge in [-0.2, -0.15) is 5.10 Å². The average Bonchev–Trinajstić information content (AvgIpc) is 2.54. The molecule has 0 unspecified atom stereocenters. The molecule has 0 aromatic heterocycles. The molecule has 0 aliphatic carbocycles. The van der Waals surface area contributed by atoms with E-state index in [9.17, 15) is 0 Å². The predicted molar refractivity (Wildman–Crippen MR) is 85.0 cm³/mol. The van der Waals surface area contributed by atoms with Gasteiger partial charge in [-0.25, -0.2) is 0 Å². The van der Waals surface area contributed by atoms with Crippen molar-refractivity contribution in [3.8, 4) is 23.8 Å². The van der Waals surface area contributed by atoms with Gasteiger partial charge in [-0.15, -0.1) is 6.42 Å². The molecule has 0 aliphatic rings. The van der Waals surface area contributed by atoms with Gasteiger partial charge < -0.3 is 9.47 Å². The van der Waals surface area contributed by atoms with E-state index in [0.717, 1.165) is 17.0 Å². The molecule has 21 heavy (non-hydrogen) atoms. The van der Waals surface area contributed by atoms with Crippen LogP contribution in [0.4, 0.5) is 5.69 Å². The molecule has 1 N–H and O–H groups in total. The van der Waals surface area contributed by atoms with Crippen LogP contribution in [-0.4, -0.2) is 19.9 Å². The highest BCUT2D eigenvalue weighted by atomic mass is 16.5. The molecule has 0 fully saturated rings. The van der Waals surface area contributed by atoms with Crippen LogP contribution in [0.25, 0.3) is 0 Å². The van der Waals surface area contributed by atoms with E-state index in [1.807, 2.05) is 42.5 Å². The molecule has 2 aromatic carbocycles. The van der Waals surface area contributed by atoms with E-state index in [-0.39, 0.29) is 6.61 Å². The summed E-state index contributed by atoms with van der Waals surface area (Å²) < 4.78 is 10.7. The van der Waals surface area contributed by atoms with Crippen LogP contribution in [0.15, 0.2) is 53.6 Å². The lowest BCUT2D eigenvalue weighted by atomic mass is 10.2. The lowest BCUT2D eigenvalue weighted by Crippen LogP contribution is -1.99. The number of para-hydroxylation sites is 1. The minimum Gasteiger partial charge on any atom is -0.497 e. The molecule has 106 valence electrons. The van der Waals surface area contributed by atoms with Crippen molar-refractivity contribution in [1.82, 2.24) is 0 Å². The number of benzene rings is 2. The van der Waals surface area contributed by atoms with Crippen molar-refractivity contribution in [1.29, 1.82) is 0 Å². The molecule has 0 aliphatic heterocycles. The number of terminal acetylenes is 1. The zero-order chi connectivity index (χ0) is 14.9. The van der Waals surface area contributed by atoms with Crippen molar-refractivity contribution < 1.29 is 9.47 Å². The quantitative estimate of drug-likeness (QED) is 0.502. The number of anilines is 1. The van der Waals surface area contributed by atoms with Gasteiger partial charge in [0.25, 0.3) is 0 Å². The highest BCUT2D eigenvalue weighted by molar-refractivity contribution is 5.84. The van der Waals surface area contributed by atoms with Gasteiger partial charge in [-0.05, 0) is 30.3 Å². The summed E-state index contributed by atoms with van der Waals surface area (Å²) in [5.41, 5.74) is 4.64. The molecule has 0 radical (unpaired) electrons. The zero-order valence-corrected chi connectivity index (χ0v) is 11.7. The summed E-state index contributed by atoms with van der Waals surface area (Å²) in [5, 5.41) is 4.19. The standard InChI is InChI=1S/C17H16N2O2/c1-3-11-21-17-10-9-16(20-2)12-14(17)13-18-19-15-7-5-4-6-8-15/h1,4-10,12-13,19H,11H2,2H3. The SMILES string of the molecule is C#CCOc1ccc(OC)cc1C=NNc1ccccc1. The van der Waals surface area contributed by atoms with E-state index in [0.29, 0.717) is 5.75 Å². The lowest BCUT2D eigenvalue weighted by Gasteiger charge is -2.08. The Bertz CT molecular complexity index is 646. The number of hydrogen-bond donors (Lipinski definition) is 1. The minimum absolute atomic E-state index is 0.208. The number of rotatable bonds is 6. The zero-order valence-electron chi connectivity index (χ0n) is 11.7. The maximum absolute atomic E-state index is 5.48. The van der Waals surface area contributed by atoms with Crippen molar-refractivity contribution in [3.05, 3.63) is 54.1 Å². The van der Waals surface area contributed by atoms with Crippen LogP contribution in [-0.2, 0) is 0 Å². The molecule has 0 amide bonds. The normalized spacial score (nSPS) is 10.1. The minimum atomic E-state index is 0.208. The van der Waals surface area contributed by atoms with Crippen molar-refractivity contribution in [2.45, 2.75) is 0 Å². The molecule has 0 atom stereocenters. The van der Waals surface area contributed by atoms with Gasteiger partial charge in [0.2, 0.25) is 0 Å². The van der Waals surface area contributed by atoms with E-state index < -0.39 is 0 Å². The number of nitrogens with zero attached hydrogens (tertiary/aromatic N) is 1. The first-order valence-electron chi connectivity index (χ1n) is 6.42. The number of hydrazone groups is 1. The first-order chi connectivity index (χ1) is 10.3. The van der Waals surface area contributed by atoms with Crippen molar-refractivity contribution in [2.75, 3.05) is 19.1 Å². The van der Waals surface area contributed by atoms with Crippen LogP contribution in [0.5, 0.6) is 11.5 Å². The summed E-state index contributed by atoms with van der Waals surface area (Å²) in [7, 11) is 1.61. The molecule has 4 heteroatoms.